The molecule has 2 aliphatic heterocycles. The average molecular weight is 283 g/mol. The first kappa shape index (κ1) is 14.3. The van der Waals surface area contributed by atoms with Crippen LogP contribution >= 0.6 is 12.4 Å². The number of halogens is 1. The average Bonchev–Trinajstić information content (AvgIpc) is 2.87. The maximum Gasteiger partial charge on any atom is 0.251 e. The Morgan fingerprint density at radius 1 is 1.21 bits per heavy atom. The van der Waals surface area contributed by atoms with E-state index in [0.717, 1.165) is 37.1 Å². The molecule has 2 N–H and O–H groups in total. The number of hydrogen-bond acceptors (Lipinski definition) is 3. The molecular formula is C14H19ClN2O2. The Morgan fingerprint density at radius 2 is 1.95 bits per heavy atom. The Kier molecular flexibility index (Phi) is 4.80. The van der Waals surface area contributed by atoms with E-state index in [-0.39, 0.29) is 18.3 Å². The van der Waals surface area contributed by atoms with Crippen molar-refractivity contribution >= 4 is 18.3 Å². The lowest BCUT2D eigenvalue weighted by molar-refractivity contribution is 0.0929. The molecule has 0 bridgehead atoms. The number of carbonyl (C=O) groups excluding carboxylic acids is 1. The molecule has 0 spiro atoms. The highest BCUT2D eigenvalue weighted by atomic mass is 35.5. The van der Waals surface area contributed by atoms with Crippen LogP contribution in [0.3, 0.4) is 0 Å². The smallest absolute Gasteiger partial charge is 0.251 e. The summed E-state index contributed by atoms with van der Waals surface area (Å²) in [4.78, 5) is 12.1. The summed E-state index contributed by atoms with van der Waals surface area (Å²) in [5.74, 6) is 0.0385. The van der Waals surface area contributed by atoms with Gasteiger partial charge in [-0.15, -0.1) is 12.4 Å². The van der Waals surface area contributed by atoms with Crippen molar-refractivity contribution in [2.24, 2.45) is 0 Å². The zero-order chi connectivity index (χ0) is 12.4. The zero-order valence-corrected chi connectivity index (χ0v) is 11.6. The number of fused-ring (bicyclic) bond motifs is 1. The standard InChI is InChI=1S/C14H18N2O2.ClH/c17-14(16-13-3-5-15-6-4-13)10-1-2-11-8-18-9-12(11)7-10;/h1-2,7,13,15H,3-6,8-9H2,(H,16,17);1H. The SMILES string of the molecule is Cl.O=C(NC1CCNCC1)c1ccc2c(c1)COC2. The highest BCUT2D eigenvalue weighted by Crippen LogP contribution is 2.21. The van der Waals surface area contributed by atoms with Gasteiger partial charge in [0.05, 0.1) is 13.2 Å². The van der Waals surface area contributed by atoms with Crippen LogP contribution in [0.1, 0.15) is 34.3 Å². The van der Waals surface area contributed by atoms with E-state index in [1.54, 1.807) is 0 Å². The van der Waals surface area contributed by atoms with Gasteiger partial charge in [-0.25, -0.2) is 0 Å². The molecule has 1 amide bonds. The zero-order valence-electron chi connectivity index (χ0n) is 10.8. The summed E-state index contributed by atoms with van der Waals surface area (Å²) in [5.41, 5.74) is 3.10. The first-order valence-electron chi connectivity index (χ1n) is 6.54. The summed E-state index contributed by atoms with van der Waals surface area (Å²) in [6.45, 7) is 3.28. The second-order valence-electron chi connectivity index (χ2n) is 4.97. The molecular weight excluding hydrogens is 264 g/mol. The van der Waals surface area contributed by atoms with Crippen LogP contribution in [0.25, 0.3) is 0 Å². The third kappa shape index (κ3) is 3.26. The van der Waals surface area contributed by atoms with Crippen molar-refractivity contribution in [3.63, 3.8) is 0 Å². The molecule has 0 saturated carbocycles. The van der Waals surface area contributed by atoms with Crippen molar-refractivity contribution in [2.75, 3.05) is 13.1 Å². The molecule has 1 saturated heterocycles. The van der Waals surface area contributed by atoms with Crippen LogP contribution in [0.2, 0.25) is 0 Å². The molecule has 19 heavy (non-hydrogen) atoms. The lowest BCUT2D eigenvalue weighted by Crippen LogP contribution is -2.42. The summed E-state index contributed by atoms with van der Waals surface area (Å²) in [6.07, 6.45) is 2.03. The number of amides is 1. The molecule has 0 unspecified atom stereocenters. The fraction of sp³-hybridized carbons (Fsp3) is 0.500. The third-order valence-corrected chi connectivity index (χ3v) is 3.66. The van der Waals surface area contributed by atoms with Crippen LogP contribution < -0.4 is 10.6 Å². The predicted octanol–water partition coefficient (Wildman–Crippen LogP) is 1.62. The van der Waals surface area contributed by atoms with E-state index in [1.807, 2.05) is 18.2 Å². The minimum Gasteiger partial charge on any atom is -0.372 e. The number of nitrogens with one attached hydrogen (secondary N) is 2. The summed E-state index contributed by atoms with van der Waals surface area (Å²) in [7, 11) is 0. The monoisotopic (exact) mass is 282 g/mol. The normalized spacial score (nSPS) is 18.5. The van der Waals surface area contributed by atoms with Gasteiger partial charge >= 0.3 is 0 Å². The quantitative estimate of drug-likeness (QED) is 0.867. The maximum atomic E-state index is 12.1. The predicted molar refractivity (Wildman–Crippen MR) is 75.5 cm³/mol. The number of hydrogen-bond donors (Lipinski definition) is 2. The number of benzene rings is 1. The molecule has 0 radical (unpaired) electrons. The van der Waals surface area contributed by atoms with Crippen molar-refractivity contribution in [2.45, 2.75) is 32.1 Å². The molecule has 104 valence electrons. The Balaban J connectivity index is 0.00000133. The lowest BCUT2D eigenvalue weighted by Gasteiger charge is -2.23. The van der Waals surface area contributed by atoms with Gasteiger partial charge < -0.3 is 15.4 Å². The summed E-state index contributed by atoms with van der Waals surface area (Å²) < 4.78 is 5.36. The van der Waals surface area contributed by atoms with Crippen molar-refractivity contribution in [3.05, 3.63) is 34.9 Å². The number of piperidine rings is 1. The van der Waals surface area contributed by atoms with E-state index in [4.69, 9.17) is 4.74 Å². The van der Waals surface area contributed by atoms with E-state index in [0.29, 0.717) is 19.3 Å². The van der Waals surface area contributed by atoms with Crippen molar-refractivity contribution < 1.29 is 9.53 Å². The topological polar surface area (TPSA) is 50.4 Å². The molecule has 0 atom stereocenters. The van der Waals surface area contributed by atoms with Gasteiger partial charge in [-0.05, 0) is 49.2 Å². The van der Waals surface area contributed by atoms with E-state index >= 15 is 0 Å². The van der Waals surface area contributed by atoms with Crippen LogP contribution in [-0.4, -0.2) is 25.0 Å². The van der Waals surface area contributed by atoms with Gasteiger partial charge in [0.1, 0.15) is 0 Å². The molecule has 3 rings (SSSR count). The van der Waals surface area contributed by atoms with E-state index in [2.05, 4.69) is 10.6 Å². The van der Waals surface area contributed by atoms with Gasteiger partial charge in [0, 0.05) is 11.6 Å². The van der Waals surface area contributed by atoms with E-state index < -0.39 is 0 Å². The molecule has 5 heteroatoms. The first-order chi connectivity index (χ1) is 8.83. The molecule has 2 aliphatic rings. The second-order valence-corrected chi connectivity index (χ2v) is 4.97. The Hall–Kier alpha value is -1.10. The number of rotatable bonds is 2. The van der Waals surface area contributed by atoms with Crippen LogP contribution in [0.15, 0.2) is 18.2 Å². The minimum atomic E-state index is 0. The van der Waals surface area contributed by atoms with Gasteiger partial charge in [0.25, 0.3) is 5.91 Å². The van der Waals surface area contributed by atoms with Crippen molar-refractivity contribution in [1.82, 2.24) is 10.6 Å². The van der Waals surface area contributed by atoms with Gasteiger partial charge in [-0.3, -0.25) is 4.79 Å². The van der Waals surface area contributed by atoms with E-state index in [1.165, 1.54) is 5.56 Å². The van der Waals surface area contributed by atoms with Crippen LogP contribution in [0.5, 0.6) is 0 Å². The largest absolute Gasteiger partial charge is 0.372 e. The van der Waals surface area contributed by atoms with Gasteiger partial charge in [-0.1, -0.05) is 6.07 Å². The molecule has 1 fully saturated rings. The minimum absolute atomic E-state index is 0. The lowest BCUT2D eigenvalue weighted by atomic mass is 10.0. The fourth-order valence-electron chi connectivity index (χ4n) is 2.55. The van der Waals surface area contributed by atoms with Crippen LogP contribution in [-0.2, 0) is 18.0 Å². The van der Waals surface area contributed by atoms with E-state index in [9.17, 15) is 4.79 Å². The van der Waals surface area contributed by atoms with Gasteiger partial charge in [0.2, 0.25) is 0 Å². The van der Waals surface area contributed by atoms with Crippen LogP contribution in [0.4, 0.5) is 0 Å². The molecule has 1 aromatic rings. The van der Waals surface area contributed by atoms with Gasteiger partial charge in [0.15, 0.2) is 0 Å². The molecule has 4 nitrogen and oxygen atoms in total. The Bertz CT molecular complexity index is 459. The molecule has 0 aromatic heterocycles. The highest BCUT2D eigenvalue weighted by molar-refractivity contribution is 5.94. The Labute approximate surface area is 119 Å². The maximum absolute atomic E-state index is 12.1. The molecule has 2 heterocycles. The molecule has 0 aliphatic carbocycles. The van der Waals surface area contributed by atoms with Crippen LogP contribution in [0, 0.1) is 0 Å². The second kappa shape index (κ2) is 6.37. The summed E-state index contributed by atoms with van der Waals surface area (Å²) in [6, 6.07) is 6.16. The fourth-order valence-corrected chi connectivity index (χ4v) is 2.55. The van der Waals surface area contributed by atoms with Gasteiger partial charge in [-0.2, -0.15) is 0 Å². The first-order valence-corrected chi connectivity index (χ1v) is 6.54. The van der Waals surface area contributed by atoms with Crippen molar-refractivity contribution in [3.8, 4) is 0 Å². The summed E-state index contributed by atoms with van der Waals surface area (Å²) in [5, 5.41) is 6.40. The third-order valence-electron chi connectivity index (χ3n) is 3.66. The summed E-state index contributed by atoms with van der Waals surface area (Å²) >= 11 is 0. The highest BCUT2D eigenvalue weighted by Gasteiger charge is 2.18. The Morgan fingerprint density at radius 3 is 2.74 bits per heavy atom. The number of ether oxygens (including phenoxy) is 1. The number of carbonyl (C=O) groups is 1. The van der Waals surface area contributed by atoms with Crippen molar-refractivity contribution in [1.29, 1.82) is 0 Å². The molecule has 1 aromatic carbocycles.